The lowest BCUT2D eigenvalue weighted by Gasteiger charge is -2.20. The van der Waals surface area contributed by atoms with Crippen LogP contribution in [0.3, 0.4) is 0 Å². The van der Waals surface area contributed by atoms with Crippen LogP contribution in [0.2, 0.25) is 0 Å². The van der Waals surface area contributed by atoms with E-state index in [1.54, 1.807) is 11.9 Å². The maximum absolute atomic E-state index is 12.6. The SMILES string of the molecule is Cc1nc2ccccn2c1C(=O)N(C)CC1OCCO1. The molecule has 6 heteroatoms. The minimum atomic E-state index is -0.330. The van der Waals surface area contributed by atoms with Gasteiger partial charge in [-0.15, -0.1) is 0 Å². The third kappa shape index (κ3) is 2.28. The van der Waals surface area contributed by atoms with Crippen LogP contribution in [0.1, 0.15) is 16.2 Å². The smallest absolute Gasteiger partial charge is 0.272 e. The summed E-state index contributed by atoms with van der Waals surface area (Å²) in [6.07, 6.45) is 1.52. The fourth-order valence-electron chi connectivity index (χ4n) is 2.37. The molecule has 0 N–H and O–H groups in total. The van der Waals surface area contributed by atoms with E-state index in [2.05, 4.69) is 4.98 Å². The Morgan fingerprint density at radius 1 is 1.45 bits per heavy atom. The summed E-state index contributed by atoms with van der Waals surface area (Å²) in [5.41, 5.74) is 2.08. The Kier molecular flexibility index (Phi) is 3.42. The van der Waals surface area contributed by atoms with E-state index in [4.69, 9.17) is 9.47 Å². The van der Waals surface area contributed by atoms with Crippen LogP contribution in [0.25, 0.3) is 5.65 Å². The van der Waals surface area contributed by atoms with Crippen molar-refractivity contribution < 1.29 is 14.3 Å². The number of carbonyl (C=O) groups is 1. The van der Waals surface area contributed by atoms with E-state index in [1.165, 1.54) is 0 Å². The van der Waals surface area contributed by atoms with Gasteiger partial charge in [-0.05, 0) is 19.1 Å². The summed E-state index contributed by atoms with van der Waals surface area (Å²) >= 11 is 0. The number of hydrogen-bond donors (Lipinski definition) is 0. The average molecular weight is 275 g/mol. The summed E-state index contributed by atoms with van der Waals surface area (Å²) < 4.78 is 12.6. The van der Waals surface area contributed by atoms with Crippen LogP contribution in [0.15, 0.2) is 24.4 Å². The van der Waals surface area contributed by atoms with E-state index in [-0.39, 0.29) is 12.2 Å². The fourth-order valence-corrected chi connectivity index (χ4v) is 2.37. The molecule has 1 aliphatic heterocycles. The molecule has 1 saturated heterocycles. The maximum Gasteiger partial charge on any atom is 0.272 e. The van der Waals surface area contributed by atoms with E-state index >= 15 is 0 Å². The first kappa shape index (κ1) is 13.1. The Balaban J connectivity index is 1.86. The molecule has 20 heavy (non-hydrogen) atoms. The molecule has 0 saturated carbocycles. The van der Waals surface area contributed by atoms with Gasteiger partial charge in [0.25, 0.3) is 5.91 Å². The topological polar surface area (TPSA) is 56.1 Å². The van der Waals surface area contributed by atoms with Gasteiger partial charge in [0, 0.05) is 13.2 Å². The van der Waals surface area contributed by atoms with Gasteiger partial charge in [-0.3, -0.25) is 9.20 Å². The standard InChI is InChI=1S/C14H17N3O3/c1-10-13(17-6-4-3-5-11(17)15-10)14(18)16(2)9-12-19-7-8-20-12/h3-6,12H,7-9H2,1-2H3. The molecule has 1 fully saturated rings. The van der Waals surface area contributed by atoms with Crippen molar-refractivity contribution in [3.8, 4) is 0 Å². The number of fused-ring (bicyclic) bond motifs is 1. The van der Waals surface area contributed by atoms with Gasteiger partial charge in [-0.2, -0.15) is 0 Å². The van der Waals surface area contributed by atoms with Crippen LogP contribution < -0.4 is 0 Å². The van der Waals surface area contributed by atoms with Crippen molar-refractivity contribution in [2.24, 2.45) is 0 Å². The number of aryl methyl sites for hydroxylation is 1. The lowest BCUT2D eigenvalue weighted by atomic mass is 10.3. The first-order valence-electron chi connectivity index (χ1n) is 6.59. The van der Waals surface area contributed by atoms with Gasteiger partial charge >= 0.3 is 0 Å². The zero-order valence-electron chi connectivity index (χ0n) is 11.6. The lowest BCUT2D eigenvalue weighted by Crippen LogP contribution is -2.35. The number of hydrogen-bond acceptors (Lipinski definition) is 4. The van der Waals surface area contributed by atoms with Crippen LogP contribution in [0.5, 0.6) is 0 Å². The third-order valence-corrected chi connectivity index (χ3v) is 3.37. The van der Waals surface area contributed by atoms with Crippen LogP contribution in [-0.2, 0) is 9.47 Å². The lowest BCUT2D eigenvalue weighted by molar-refractivity contribution is -0.0543. The van der Waals surface area contributed by atoms with E-state index in [0.717, 1.165) is 11.3 Å². The molecule has 0 atom stereocenters. The highest BCUT2D eigenvalue weighted by molar-refractivity contribution is 5.94. The van der Waals surface area contributed by atoms with Crippen molar-refractivity contribution in [2.75, 3.05) is 26.8 Å². The summed E-state index contributed by atoms with van der Waals surface area (Å²) in [6.45, 7) is 3.43. The van der Waals surface area contributed by atoms with Crippen molar-refractivity contribution >= 4 is 11.6 Å². The number of rotatable bonds is 3. The first-order valence-corrected chi connectivity index (χ1v) is 6.59. The summed E-state index contributed by atoms with van der Waals surface area (Å²) in [6, 6.07) is 5.67. The molecule has 2 aromatic heterocycles. The largest absolute Gasteiger partial charge is 0.348 e. The molecular weight excluding hydrogens is 258 g/mol. The quantitative estimate of drug-likeness (QED) is 0.841. The van der Waals surface area contributed by atoms with Gasteiger partial charge in [0.2, 0.25) is 0 Å². The second-order valence-electron chi connectivity index (χ2n) is 4.83. The molecule has 1 amide bonds. The Bertz CT molecular complexity index is 632. The van der Waals surface area contributed by atoms with Crippen molar-refractivity contribution in [3.63, 3.8) is 0 Å². The fraction of sp³-hybridized carbons (Fsp3) is 0.429. The van der Waals surface area contributed by atoms with Crippen LogP contribution in [0, 0.1) is 6.92 Å². The average Bonchev–Trinajstić information content (AvgIpc) is 3.04. The summed E-state index contributed by atoms with van der Waals surface area (Å²) in [5, 5.41) is 0. The van der Waals surface area contributed by atoms with Gasteiger partial charge in [0.1, 0.15) is 11.3 Å². The molecule has 1 aliphatic rings. The maximum atomic E-state index is 12.6. The first-order chi connectivity index (χ1) is 9.66. The zero-order valence-corrected chi connectivity index (χ0v) is 11.6. The molecule has 106 valence electrons. The minimum Gasteiger partial charge on any atom is -0.348 e. The van der Waals surface area contributed by atoms with Gasteiger partial charge in [-0.1, -0.05) is 6.07 Å². The zero-order chi connectivity index (χ0) is 14.1. The van der Waals surface area contributed by atoms with Crippen molar-refractivity contribution in [3.05, 3.63) is 35.8 Å². The highest BCUT2D eigenvalue weighted by Gasteiger charge is 2.24. The minimum absolute atomic E-state index is 0.0831. The number of ether oxygens (including phenoxy) is 2. The molecule has 0 radical (unpaired) electrons. The normalized spacial score (nSPS) is 15.9. The van der Waals surface area contributed by atoms with Crippen LogP contribution in [-0.4, -0.2) is 53.3 Å². The third-order valence-electron chi connectivity index (χ3n) is 3.37. The number of amides is 1. The van der Waals surface area contributed by atoms with Crippen LogP contribution in [0.4, 0.5) is 0 Å². The Hall–Kier alpha value is -1.92. The number of carbonyl (C=O) groups excluding carboxylic acids is 1. The van der Waals surface area contributed by atoms with E-state index < -0.39 is 0 Å². The molecule has 3 heterocycles. The molecule has 0 aromatic carbocycles. The van der Waals surface area contributed by atoms with Gasteiger partial charge in [0.05, 0.1) is 25.5 Å². The predicted molar refractivity (Wildman–Crippen MR) is 72.6 cm³/mol. The van der Waals surface area contributed by atoms with Crippen molar-refractivity contribution in [2.45, 2.75) is 13.2 Å². The Labute approximate surface area is 116 Å². The molecular formula is C14H17N3O3. The Morgan fingerprint density at radius 3 is 2.95 bits per heavy atom. The second kappa shape index (κ2) is 5.22. The molecule has 0 aliphatic carbocycles. The molecule has 0 unspecified atom stereocenters. The van der Waals surface area contributed by atoms with E-state index in [0.29, 0.717) is 25.5 Å². The van der Waals surface area contributed by atoms with E-state index in [1.807, 2.05) is 35.7 Å². The summed E-state index contributed by atoms with van der Waals surface area (Å²) in [4.78, 5) is 18.6. The molecule has 0 spiro atoms. The highest BCUT2D eigenvalue weighted by Crippen LogP contribution is 2.15. The monoisotopic (exact) mass is 275 g/mol. The number of imidazole rings is 1. The van der Waals surface area contributed by atoms with Gasteiger partial charge < -0.3 is 14.4 Å². The summed E-state index contributed by atoms with van der Waals surface area (Å²) in [7, 11) is 1.75. The predicted octanol–water partition coefficient (Wildman–Crippen LogP) is 1.09. The summed E-state index contributed by atoms with van der Waals surface area (Å²) in [5.74, 6) is -0.0831. The van der Waals surface area contributed by atoms with Crippen molar-refractivity contribution in [1.29, 1.82) is 0 Å². The molecule has 6 nitrogen and oxygen atoms in total. The second-order valence-corrected chi connectivity index (χ2v) is 4.83. The van der Waals surface area contributed by atoms with Crippen molar-refractivity contribution in [1.82, 2.24) is 14.3 Å². The number of likely N-dealkylation sites (N-methyl/N-ethyl adjacent to an activating group) is 1. The van der Waals surface area contributed by atoms with Crippen LogP contribution >= 0.6 is 0 Å². The van der Waals surface area contributed by atoms with Gasteiger partial charge in [-0.25, -0.2) is 4.98 Å². The highest BCUT2D eigenvalue weighted by atomic mass is 16.7. The number of nitrogens with zero attached hydrogens (tertiary/aromatic N) is 3. The van der Waals surface area contributed by atoms with E-state index in [9.17, 15) is 4.79 Å². The van der Waals surface area contributed by atoms with Gasteiger partial charge in [0.15, 0.2) is 6.29 Å². The number of pyridine rings is 1. The number of aromatic nitrogens is 2. The molecule has 2 aromatic rings. The molecule has 0 bridgehead atoms. The molecule has 3 rings (SSSR count). The Morgan fingerprint density at radius 2 is 2.20 bits per heavy atom.